The van der Waals surface area contributed by atoms with Gasteiger partial charge in [-0.1, -0.05) is 26.1 Å². The number of amides is 1. The standard InChI is InChI=1S/C12H22N2O2S/c1-8(2)11(12(13)17)14-10(15)7-9-5-3-4-6-16-9/h8-9,11H,3-7H2,1-2H3,(H2,13,17)(H,14,15). The van der Waals surface area contributed by atoms with Crippen LogP contribution in [0.2, 0.25) is 0 Å². The molecule has 0 aliphatic carbocycles. The summed E-state index contributed by atoms with van der Waals surface area (Å²) in [5.41, 5.74) is 5.60. The van der Waals surface area contributed by atoms with Crippen LogP contribution >= 0.6 is 12.2 Å². The molecule has 0 saturated carbocycles. The van der Waals surface area contributed by atoms with Crippen LogP contribution in [0.4, 0.5) is 0 Å². The Bertz CT molecular complexity index is 276. The normalized spacial score (nSPS) is 22.2. The first-order chi connectivity index (χ1) is 8.00. The summed E-state index contributed by atoms with van der Waals surface area (Å²) in [6.07, 6.45) is 3.67. The maximum Gasteiger partial charge on any atom is 0.223 e. The molecule has 1 saturated heterocycles. The van der Waals surface area contributed by atoms with Gasteiger partial charge in [0.15, 0.2) is 0 Å². The molecule has 1 rings (SSSR count). The van der Waals surface area contributed by atoms with Crippen LogP contribution in [0.1, 0.15) is 39.5 Å². The lowest BCUT2D eigenvalue weighted by atomic mass is 10.0. The van der Waals surface area contributed by atoms with Crippen molar-refractivity contribution in [2.24, 2.45) is 11.7 Å². The minimum Gasteiger partial charge on any atom is -0.392 e. The summed E-state index contributed by atoms with van der Waals surface area (Å²) >= 11 is 4.95. The van der Waals surface area contributed by atoms with Crippen molar-refractivity contribution < 1.29 is 9.53 Å². The van der Waals surface area contributed by atoms with E-state index < -0.39 is 0 Å². The van der Waals surface area contributed by atoms with E-state index in [2.05, 4.69) is 5.32 Å². The van der Waals surface area contributed by atoms with Gasteiger partial charge in [-0.15, -0.1) is 0 Å². The molecule has 5 heteroatoms. The zero-order valence-corrected chi connectivity index (χ0v) is 11.4. The zero-order chi connectivity index (χ0) is 12.8. The highest BCUT2D eigenvalue weighted by atomic mass is 32.1. The van der Waals surface area contributed by atoms with Crippen molar-refractivity contribution in [1.82, 2.24) is 5.32 Å². The molecule has 4 nitrogen and oxygen atoms in total. The first-order valence-electron chi connectivity index (χ1n) is 6.21. The third kappa shape index (κ3) is 5.00. The molecule has 0 aromatic rings. The van der Waals surface area contributed by atoms with Crippen molar-refractivity contribution in [2.45, 2.75) is 51.7 Å². The average molecular weight is 258 g/mol. The molecular weight excluding hydrogens is 236 g/mol. The number of thiocarbonyl (C=S) groups is 1. The molecule has 17 heavy (non-hydrogen) atoms. The van der Waals surface area contributed by atoms with Crippen LogP contribution in [0.25, 0.3) is 0 Å². The Morgan fingerprint density at radius 2 is 2.24 bits per heavy atom. The lowest BCUT2D eigenvalue weighted by Crippen LogP contribution is -2.47. The Hall–Kier alpha value is -0.680. The van der Waals surface area contributed by atoms with E-state index in [9.17, 15) is 4.79 Å². The topological polar surface area (TPSA) is 64.3 Å². The van der Waals surface area contributed by atoms with Gasteiger partial charge in [0.2, 0.25) is 5.91 Å². The van der Waals surface area contributed by atoms with Crippen molar-refractivity contribution in [3.63, 3.8) is 0 Å². The summed E-state index contributed by atoms with van der Waals surface area (Å²) < 4.78 is 5.53. The molecule has 0 radical (unpaired) electrons. The molecule has 0 bridgehead atoms. The van der Waals surface area contributed by atoms with E-state index >= 15 is 0 Å². The van der Waals surface area contributed by atoms with Gasteiger partial charge in [-0.25, -0.2) is 0 Å². The van der Waals surface area contributed by atoms with E-state index in [-0.39, 0.29) is 24.0 Å². The van der Waals surface area contributed by atoms with E-state index in [1.165, 1.54) is 0 Å². The van der Waals surface area contributed by atoms with E-state index in [0.29, 0.717) is 11.4 Å². The van der Waals surface area contributed by atoms with Crippen LogP contribution in [0.15, 0.2) is 0 Å². The molecule has 2 atom stereocenters. The smallest absolute Gasteiger partial charge is 0.223 e. The fourth-order valence-corrected chi connectivity index (χ4v) is 2.30. The van der Waals surface area contributed by atoms with E-state index in [0.717, 1.165) is 25.9 Å². The fraction of sp³-hybridized carbons (Fsp3) is 0.833. The van der Waals surface area contributed by atoms with Gasteiger partial charge in [0.1, 0.15) is 0 Å². The molecule has 1 aliphatic rings. The number of hydrogen-bond donors (Lipinski definition) is 2. The summed E-state index contributed by atoms with van der Waals surface area (Å²) in [6.45, 7) is 4.74. The molecule has 2 unspecified atom stereocenters. The van der Waals surface area contributed by atoms with Gasteiger partial charge in [0.25, 0.3) is 0 Å². The Morgan fingerprint density at radius 3 is 2.71 bits per heavy atom. The number of nitrogens with one attached hydrogen (secondary N) is 1. The molecule has 0 spiro atoms. The molecule has 1 aliphatic heterocycles. The molecule has 0 aromatic carbocycles. The van der Waals surface area contributed by atoms with Crippen molar-refractivity contribution in [2.75, 3.05) is 6.61 Å². The number of carbonyl (C=O) groups is 1. The molecule has 3 N–H and O–H groups in total. The van der Waals surface area contributed by atoms with Crippen molar-refractivity contribution >= 4 is 23.1 Å². The minimum atomic E-state index is -0.221. The van der Waals surface area contributed by atoms with Crippen molar-refractivity contribution in [1.29, 1.82) is 0 Å². The molecule has 0 aromatic heterocycles. The van der Waals surface area contributed by atoms with Crippen molar-refractivity contribution in [3.05, 3.63) is 0 Å². The molecule has 1 fully saturated rings. The SMILES string of the molecule is CC(C)C(NC(=O)CC1CCCCO1)C(N)=S. The first-order valence-corrected chi connectivity index (χ1v) is 6.61. The van der Waals surface area contributed by atoms with E-state index in [1.54, 1.807) is 0 Å². The van der Waals surface area contributed by atoms with Gasteiger partial charge in [-0.05, 0) is 25.2 Å². The second-order valence-electron chi connectivity index (χ2n) is 4.88. The van der Waals surface area contributed by atoms with Gasteiger partial charge in [0, 0.05) is 6.61 Å². The van der Waals surface area contributed by atoms with Crippen LogP contribution in [-0.2, 0) is 9.53 Å². The fourth-order valence-electron chi connectivity index (χ4n) is 1.97. The summed E-state index contributed by atoms with van der Waals surface area (Å²) in [6, 6.07) is -0.221. The highest BCUT2D eigenvalue weighted by molar-refractivity contribution is 7.80. The third-order valence-corrected chi connectivity index (χ3v) is 3.23. The summed E-state index contributed by atoms with van der Waals surface area (Å²) in [4.78, 5) is 12.2. The first kappa shape index (κ1) is 14.4. The zero-order valence-electron chi connectivity index (χ0n) is 10.6. The van der Waals surface area contributed by atoms with Gasteiger partial charge in [0.05, 0.1) is 23.6 Å². The maximum absolute atomic E-state index is 11.8. The second kappa shape index (κ2) is 6.91. The highest BCUT2D eigenvalue weighted by Crippen LogP contribution is 2.15. The maximum atomic E-state index is 11.8. The van der Waals surface area contributed by atoms with Crippen molar-refractivity contribution in [3.8, 4) is 0 Å². The Labute approximate surface area is 108 Å². The van der Waals surface area contributed by atoms with Crippen LogP contribution < -0.4 is 11.1 Å². The number of carbonyl (C=O) groups excluding carboxylic acids is 1. The van der Waals surface area contributed by atoms with Crippen LogP contribution in [0.5, 0.6) is 0 Å². The van der Waals surface area contributed by atoms with Crippen LogP contribution in [0, 0.1) is 5.92 Å². The van der Waals surface area contributed by atoms with E-state index in [1.807, 2.05) is 13.8 Å². The van der Waals surface area contributed by atoms with Gasteiger partial charge < -0.3 is 15.8 Å². The van der Waals surface area contributed by atoms with E-state index in [4.69, 9.17) is 22.7 Å². The summed E-state index contributed by atoms with van der Waals surface area (Å²) in [7, 11) is 0. The van der Waals surface area contributed by atoms with Gasteiger partial charge >= 0.3 is 0 Å². The van der Waals surface area contributed by atoms with Crippen LogP contribution in [0.3, 0.4) is 0 Å². The highest BCUT2D eigenvalue weighted by Gasteiger charge is 2.22. The second-order valence-corrected chi connectivity index (χ2v) is 5.36. The monoisotopic (exact) mass is 258 g/mol. The molecule has 98 valence electrons. The lowest BCUT2D eigenvalue weighted by molar-refractivity contribution is -0.125. The average Bonchev–Trinajstić information content (AvgIpc) is 2.26. The van der Waals surface area contributed by atoms with Crippen LogP contribution in [-0.4, -0.2) is 29.6 Å². The Morgan fingerprint density at radius 1 is 1.53 bits per heavy atom. The molecule has 1 amide bonds. The largest absolute Gasteiger partial charge is 0.392 e. The number of ether oxygens (including phenoxy) is 1. The lowest BCUT2D eigenvalue weighted by Gasteiger charge is -2.25. The predicted molar refractivity (Wildman–Crippen MR) is 71.8 cm³/mol. The number of nitrogens with two attached hydrogens (primary N) is 1. The minimum absolute atomic E-state index is 0.0246. The molecular formula is C12H22N2O2S. The quantitative estimate of drug-likeness (QED) is 0.731. The van der Waals surface area contributed by atoms with Gasteiger partial charge in [-0.2, -0.15) is 0 Å². The summed E-state index contributed by atoms with van der Waals surface area (Å²) in [5, 5.41) is 2.88. The molecule has 1 heterocycles. The number of rotatable bonds is 5. The predicted octanol–water partition coefficient (Wildman–Crippen LogP) is 1.37. The third-order valence-electron chi connectivity index (χ3n) is 2.98. The summed E-state index contributed by atoms with van der Waals surface area (Å²) in [5.74, 6) is 0.187. The number of hydrogen-bond acceptors (Lipinski definition) is 3. The Balaban J connectivity index is 2.38. The Kier molecular flexibility index (Phi) is 5.85. The van der Waals surface area contributed by atoms with Gasteiger partial charge in [-0.3, -0.25) is 4.79 Å².